The van der Waals surface area contributed by atoms with E-state index in [-0.39, 0.29) is 18.2 Å². The summed E-state index contributed by atoms with van der Waals surface area (Å²) in [6.45, 7) is 8.45. The lowest BCUT2D eigenvalue weighted by Crippen LogP contribution is -2.43. The molecule has 0 aliphatic rings. The summed E-state index contributed by atoms with van der Waals surface area (Å²) in [6.07, 6.45) is 0. The zero-order valence-corrected chi connectivity index (χ0v) is 12.0. The lowest BCUT2D eigenvalue weighted by Gasteiger charge is -2.25. The van der Waals surface area contributed by atoms with Gasteiger partial charge in [0, 0.05) is 18.2 Å². The molecule has 4 heteroatoms. The molecule has 2 nitrogen and oxygen atoms in total. The number of hydrogen-bond acceptors (Lipinski definition) is 2. The number of rotatable bonds is 8. The van der Waals surface area contributed by atoms with Crippen LogP contribution in [0.5, 0.6) is 0 Å². The number of likely N-dealkylation sites (N-methyl/N-ethyl adjacent to an activating group) is 1. The van der Waals surface area contributed by atoms with Crippen LogP contribution in [-0.2, 0) is 5.92 Å². The van der Waals surface area contributed by atoms with Crippen LogP contribution in [0.3, 0.4) is 0 Å². The van der Waals surface area contributed by atoms with Crippen LogP contribution in [0, 0.1) is 0 Å². The van der Waals surface area contributed by atoms with E-state index >= 15 is 0 Å². The summed E-state index contributed by atoms with van der Waals surface area (Å²) in [5.41, 5.74) is 0.0672. The molecule has 1 aromatic rings. The fraction of sp³-hybridized carbons (Fsp3) is 0.600. The summed E-state index contributed by atoms with van der Waals surface area (Å²) in [5.74, 6) is -2.82. The van der Waals surface area contributed by atoms with Gasteiger partial charge in [-0.1, -0.05) is 44.2 Å². The maximum absolute atomic E-state index is 13.9. The molecule has 0 fully saturated rings. The maximum Gasteiger partial charge on any atom is 0.285 e. The van der Waals surface area contributed by atoms with E-state index in [0.717, 1.165) is 19.6 Å². The Labute approximate surface area is 114 Å². The van der Waals surface area contributed by atoms with E-state index in [2.05, 4.69) is 24.1 Å². The monoisotopic (exact) mass is 270 g/mol. The van der Waals surface area contributed by atoms with Crippen LogP contribution < -0.4 is 5.32 Å². The molecule has 0 amide bonds. The molecule has 0 saturated heterocycles. The van der Waals surface area contributed by atoms with E-state index in [0.29, 0.717) is 0 Å². The van der Waals surface area contributed by atoms with Crippen LogP contribution in [0.15, 0.2) is 30.3 Å². The van der Waals surface area contributed by atoms with Crippen LogP contribution >= 0.6 is 0 Å². The molecule has 0 heterocycles. The topological polar surface area (TPSA) is 15.3 Å². The van der Waals surface area contributed by atoms with Crippen molar-refractivity contribution in [2.45, 2.75) is 32.7 Å². The number of benzene rings is 1. The van der Waals surface area contributed by atoms with Crippen LogP contribution in [0.1, 0.15) is 26.3 Å². The fourth-order valence-electron chi connectivity index (χ4n) is 2.02. The quantitative estimate of drug-likeness (QED) is 0.781. The Morgan fingerprint density at radius 3 is 2.26 bits per heavy atom. The first kappa shape index (κ1) is 16.1. The molecule has 0 spiro atoms. The van der Waals surface area contributed by atoms with Crippen LogP contribution in [-0.4, -0.2) is 37.1 Å². The molecule has 19 heavy (non-hydrogen) atoms. The normalized spacial score (nSPS) is 13.8. The molecule has 1 atom stereocenters. The van der Waals surface area contributed by atoms with Crippen LogP contribution in [0.2, 0.25) is 0 Å². The zero-order chi connectivity index (χ0) is 14.3. The van der Waals surface area contributed by atoms with Gasteiger partial charge in [-0.3, -0.25) is 0 Å². The third-order valence-corrected chi connectivity index (χ3v) is 3.30. The number of halogens is 2. The van der Waals surface area contributed by atoms with Crippen molar-refractivity contribution in [3.05, 3.63) is 35.9 Å². The van der Waals surface area contributed by atoms with Crippen molar-refractivity contribution >= 4 is 0 Å². The van der Waals surface area contributed by atoms with Crippen molar-refractivity contribution < 1.29 is 8.78 Å². The third kappa shape index (κ3) is 5.25. The van der Waals surface area contributed by atoms with E-state index in [1.807, 2.05) is 6.92 Å². The molecular weight excluding hydrogens is 246 g/mol. The van der Waals surface area contributed by atoms with E-state index in [4.69, 9.17) is 0 Å². The minimum atomic E-state index is -2.82. The lowest BCUT2D eigenvalue weighted by atomic mass is 10.1. The second kappa shape index (κ2) is 7.56. The second-order valence-corrected chi connectivity index (χ2v) is 4.84. The van der Waals surface area contributed by atoms with Crippen molar-refractivity contribution in [2.75, 3.05) is 26.2 Å². The Morgan fingerprint density at radius 1 is 1.16 bits per heavy atom. The number of nitrogens with one attached hydrogen (secondary N) is 1. The Kier molecular flexibility index (Phi) is 6.38. The molecule has 108 valence electrons. The second-order valence-electron chi connectivity index (χ2n) is 4.84. The van der Waals surface area contributed by atoms with Gasteiger partial charge in [-0.05, 0) is 20.0 Å². The summed E-state index contributed by atoms with van der Waals surface area (Å²) in [6, 6.07) is 8.02. The van der Waals surface area contributed by atoms with Gasteiger partial charge in [0.15, 0.2) is 0 Å². The average Bonchev–Trinajstić information content (AvgIpc) is 2.43. The number of alkyl halides is 2. The van der Waals surface area contributed by atoms with Crippen LogP contribution in [0.4, 0.5) is 8.78 Å². The van der Waals surface area contributed by atoms with Crippen LogP contribution in [0.25, 0.3) is 0 Å². The highest BCUT2D eigenvalue weighted by Gasteiger charge is 2.31. The van der Waals surface area contributed by atoms with Gasteiger partial charge in [0.2, 0.25) is 0 Å². The Morgan fingerprint density at radius 2 is 1.74 bits per heavy atom. The van der Waals surface area contributed by atoms with Gasteiger partial charge in [0.1, 0.15) is 0 Å². The number of hydrogen-bond donors (Lipinski definition) is 1. The molecule has 1 N–H and O–H groups in total. The minimum absolute atomic E-state index is 0.0505. The highest BCUT2D eigenvalue weighted by molar-refractivity contribution is 5.20. The van der Waals surface area contributed by atoms with Gasteiger partial charge in [-0.2, -0.15) is 8.78 Å². The summed E-state index contributed by atoms with van der Waals surface area (Å²) in [7, 11) is 0. The first-order chi connectivity index (χ1) is 8.99. The molecule has 0 aliphatic heterocycles. The van der Waals surface area contributed by atoms with Crippen molar-refractivity contribution in [2.24, 2.45) is 0 Å². The Hall–Kier alpha value is -1.00. The zero-order valence-electron chi connectivity index (χ0n) is 12.0. The van der Waals surface area contributed by atoms with E-state index in [1.54, 1.807) is 18.2 Å². The first-order valence-electron chi connectivity index (χ1n) is 6.88. The lowest BCUT2D eigenvalue weighted by molar-refractivity contribution is -0.00612. The largest absolute Gasteiger partial charge is 0.307 e. The summed E-state index contributed by atoms with van der Waals surface area (Å²) in [4.78, 5) is 2.22. The van der Waals surface area contributed by atoms with Crippen molar-refractivity contribution in [3.8, 4) is 0 Å². The standard InChI is InChI=1S/C15H24F2N2/c1-4-19(5-2)11-13(3)18-12-15(16,17)14-9-7-6-8-10-14/h6-10,13,18H,4-5,11-12H2,1-3H3. The fourth-order valence-corrected chi connectivity index (χ4v) is 2.02. The molecular formula is C15H24F2N2. The van der Waals surface area contributed by atoms with Gasteiger partial charge in [0.25, 0.3) is 5.92 Å². The predicted molar refractivity (Wildman–Crippen MR) is 75.6 cm³/mol. The number of nitrogens with zero attached hydrogens (tertiary/aromatic N) is 1. The molecule has 1 unspecified atom stereocenters. The maximum atomic E-state index is 13.9. The molecule has 0 bridgehead atoms. The summed E-state index contributed by atoms with van der Waals surface area (Å²) < 4.78 is 27.9. The van der Waals surface area contributed by atoms with Crippen molar-refractivity contribution in [1.82, 2.24) is 10.2 Å². The molecule has 0 aromatic heterocycles. The van der Waals surface area contributed by atoms with Gasteiger partial charge < -0.3 is 10.2 Å². The third-order valence-electron chi connectivity index (χ3n) is 3.30. The van der Waals surface area contributed by atoms with Crippen molar-refractivity contribution in [3.63, 3.8) is 0 Å². The van der Waals surface area contributed by atoms with E-state index < -0.39 is 5.92 Å². The molecule has 1 rings (SSSR count). The highest BCUT2D eigenvalue weighted by Crippen LogP contribution is 2.26. The van der Waals surface area contributed by atoms with Crippen molar-refractivity contribution in [1.29, 1.82) is 0 Å². The molecule has 1 aromatic carbocycles. The molecule has 0 radical (unpaired) electrons. The Bertz CT molecular complexity index is 350. The molecule has 0 saturated carbocycles. The average molecular weight is 270 g/mol. The molecule has 0 aliphatic carbocycles. The SMILES string of the molecule is CCN(CC)CC(C)NCC(F)(F)c1ccccc1. The van der Waals surface area contributed by atoms with Gasteiger partial charge >= 0.3 is 0 Å². The van der Waals surface area contributed by atoms with E-state index in [1.165, 1.54) is 12.1 Å². The summed E-state index contributed by atoms with van der Waals surface area (Å²) >= 11 is 0. The predicted octanol–water partition coefficient (Wildman–Crippen LogP) is 3.10. The van der Waals surface area contributed by atoms with Gasteiger partial charge in [-0.25, -0.2) is 0 Å². The van der Waals surface area contributed by atoms with Gasteiger partial charge in [0.05, 0.1) is 6.54 Å². The van der Waals surface area contributed by atoms with Gasteiger partial charge in [-0.15, -0.1) is 0 Å². The van der Waals surface area contributed by atoms with E-state index in [9.17, 15) is 8.78 Å². The smallest absolute Gasteiger partial charge is 0.285 e. The first-order valence-corrected chi connectivity index (χ1v) is 6.88. The highest BCUT2D eigenvalue weighted by atomic mass is 19.3. The minimum Gasteiger partial charge on any atom is -0.307 e. The summed E-state index contributed by atoms with van der Waals surface area (Å²) in [5, 5.41) is 2.93. The Balaban J connectivity index is 2.47.